The number of H-pyrrole nitrogens is 1. The standard InChI is InChI=1S/C20H23N9OS/c30-18(26-20-21-10-22-31-20)15-5-2-8-29(15)19-23-13-4-1-3-12(13)17(25-19)24-16-9-14(27-28-16)11-6-7-11/h9-11,15H,1-8H2,(H,21,22,26,30)(H2,23,24,25,27,28). The van der Waals surface area contributed by atoms with Crippen molar-refractivity contribution < 1.29 is 4.79 Å². The second kappa shape index (κ2) is 7.56. The average molecular weight is 438 g/mol. The van der Waals surface area contributed by atoms with E-state index in [0.29, 0.717) is 17.0 Å². The molecule has 0 bridgehead atoms. The Balaban J connectivity index is 1.27. The largest absolute Gasteiger partial charge is 0.329 e. The van der Waals surface area contributed by atoms with Gasteiger partial charge in [0, 0.05) is 41.3 Å². The van der Waals surface area contributed by atoms with Crippen molar-refractivity contribution in [3.8, 4) is 0 Å². The lowest BCUT2D eigenvalue weighted by molar-refractivity contribution is -0.117. The molecule has 0 radical (unpaired) electrons. The van der Waals surface area contributed by atoms with Gasteiger partial charge in [-0.2, -0.15) is 14.5 Å². The van der Waals surface area contributed by atoms with E-state index < -0.39 is 0 Å². The third kappa shape index (κ3) is 3.62. The summed E-state index contributed by atoms with van der Waals surface area (Å²) in [6.45, 7) is 0.751. The van der Waals surface area contributed by atoms with Crippen molar-refractivity contribution in [2.45, 2.75) is 56.9 Å². The number of aromatic amines is 1. The number of carbonyl (C=O) groups is 1. The van der Waals surface area contributed by atoms with Gasteiger partial charge >= 0.3 is 0 Å². The van der Waals surface area contributed by atoms with Gasteiger partial charge in [0.25, 0.3) is 0 Å². The quantitative estimate of drug-likeness (QED) is 0.538. The Bertz CT molecular complexity index is 1110. The summed E-state index contributed by atoms with van der Waals surface area (Å²) in [4.78, 5) is 28.7. The minimum atomic E-state index is -0.317. The molecule has 2 aliphatic carbocycles. The molecule has 3 aromatic heterocycles. The van der Waals surface area contributed by atoms with Gasteiger partial charge in [0.2, 0.25) is 17.0 Å². The molecule has 3 N–H and O–H groups in total. The molecule has 11 heteroatoms. The highest BCUT2D eigenvalue weighted by molar-refractivity contribution is 7.09. The lowest BCUT2D eigenvalue weighted by Crippen LogP contribution is -2.40. The number of rotatable bonds is 6. The number of nitrogens with one attached hydrogen (secondary N) is 3. The topological polar surface area (TPSA) is 125 Å². The van der Waals surface area contributed by atoms with E-state index in [1.54, 1.807) is 0 Å². The average Bonchev–Trinajstić information content (AvgIpc) is 3.27. The Kier molecular flexibility index (Phi) is 4.55. The fraction of sp³-hybridized carbons (Fsp3) is 0.500. The van der Waals surface area contributed by atoms with Crippen LogP contribution in [-0.4, -0.2) is 48.0 Å². The molecule has 6 rings (SSSR count). The molecule has 1 amide bonds. The fourth-order valence-corrected chi connectivity index (χ4v) is 4.91. The molecule has 1 atom stereocenters. The molecular weight excluding hydrogens is 414 g/mol. The second-order valence-corrected chi connectivity index (χ2v) is 9.13. The Labute approximate surface area is 183 Å². The molecule has 0 aromatic carbocycles. The number of fused-ring (bicyclic) bond motifs is 1. The molecule has 0 spiro atoms. The number of hydrogen-bond acceptors (Lipinski definition) is 9. The molecule has 1 saturated heterocycles. The SMILES string of the molecule is O=C(Nc1ncns1)C1CCCN1c1nc2c(c(Nc3cc(C4CC4)[nH]n3)n1)CCC2. The van der Waals surface area contributed by atoms with Crippen LogP contribution in [0.25, 0.3) is 0 Å². The molecule has 3 aliphatic rings. The van der Waals surface area contributed by atoms with Crippen LogP contribution in [0.5, 0.6) is 0 Å². The van der Waals surface area contributed by atoms with Crippen LogP contribution >= 0.6 is 11.5 Å². The lowest BCUT2D eigenvalue weighted by atomic mass is 10.2. The van der Waals surface area contributed by atoms with Gasteiger partial charge in [-0.25, -0.2) is 9.97 Å². The van der Waals surface area contributed by atoms with Crippen molar-refractivity contribution >= 4 is 40.2 Å². The summed E-state index contributed by atoms with van der Waals surface area (Å²) in [5, 5.41) is 14.4. The maximum atomic E-state index is 12.9. The first-order chi connectivity index (χ1) is 15.2. The van der Waals surface area contributed by atoms with Gasteiger partial charge in [0.15, 0.2) is 5.82 Å². The molecule has 1 saturated carbocycles. The fourth-order valence-electron chi connectivity index (χ4n) is 4.47. The smallest absolute Gasteiger partial charge is 0.249 e. The molecule has 31 heavy (non-hydrogen) atoms. The summed E-state index contributed by atoms with van der Waals surface area (Å²) in [6.07, 6.45) is 8.53. The van der Waals surface area contributed by atoms with E-state index in [1.807, 2.05) is 4.90 Å². The predicted octanol–water partition coefficient (Wildman–Crippen LogP) is 2.77. The highest BCUT2D eigenvalue weighted by atomic mass is 32.1. The number of hydrogen-bond donors (Lipinski definition) is 3. The Morgan fingerprint density at radius 2 is 2.13 bits per heavy atom. The van der Waals surface area contributed by atoms with E-state index in [2.05, 4.69) is 36.3 Å². The van der Waals surface area contributed by atoms with Crippen molar-refractivity contribution in [1.29, 1.82) is 0 Å². The van der Waals surface area contributed by atoms with Crippen LogP contribution in [0.1, 0.15) is 55.0 Å². The number of aryl methyl sites for hydroxylation is 1. The Hall–Kier alpha value is -3.08. The zero-order valence-corrected chi connectivity index (χ0v) is 17.8. The predicted molar refractivity (Wildman–Crippen MR) is 117 cm³/mol. The van der Waals surface area contributed by atoms with E-state index in [-0.39, 0.29) is 11.9 Å². The molecule has 10 nitrogen and oxygen atoms in total. The van der Waals surface area contributed by atoms with Crippen molar-refractivity contribution in [2.75, 3.05) is 22.1 Å². The molecule has 4 heterocycles. The van der Waals surface area contributed by atoms with Gasteiger partial charge in [-0.15, -0.1) is 0 Å². The summed E-state index contributed by atoms with van der Waals surface area (Å²) in [5.41, 5.74) is 3.41. The van der Waals surface area contributed by atoms with Crippen molar-refractivity contribution in [2.24, 2.45) is 0 Å². The summed E-state index contributed by atoms with van der Waals surface area (Å²) < 4.78 is 3.95. The van der Waals surface area contributed by atoms with Crippen molar-refractivity contribution in [1.82, 2.24) is 29.5 Å². The minimum absolute atomic E-state index is 0.0887. The van der Waals surface area contributed by atoms with Gasteiger partial charge in [-0.3, -0.25) is 15.2 Å². The molecule has 3 aromatic rings. The van der Waals surface area contributed by atoms with Crippen LogP contribution in [0, 0.1) is 0 Å². The highest BCUT2D eigenvalue weighted by Gasteiger charge is 2.34. The molecule has 1 unspecified atom stereocenters. The van der Waals surface area contributed by atoms with Crippen LogP contribution in [0.4, 0.5) is 22.7 Å². The first-order valence-corrected chi connectivity index (χ1v) is 11.6. The van der Waals surface area contributed by atoms with E-state index >= 15 is 0 Å². The Morgan fingerprint density at radius 1 is 1.19 bits per heavy atom. The minimum Gasteiger partial charge on any atom is -0.329 e. The number of anilines is 4. The van der Waals surface area contributed by atoms with Crippen LogP contribution < -0.4 is 15.5 Å². The molecule has 2 fully saturated rings. The van der Waals surface area contributed by atoms with Gasteiger partial charge in [0.05, 0.1) is 5.69 Å². The third-order valence-electron chi connectivity index (χ3n) is 6.19. The molecule has 1 aliphatic heterocycles. The number of nitrogens with zero attached hydrogens (tertiary/aromatic N) is 6. The zero-order chi connectivity index (χ0) is 20.8. The van der Waals surface area contributed by atoms with Gasteiger partial charge in [-0.1, -0.05) is 0 Å². The van der Waals surface area contributed by atoms with Crippen molar-refractivity contribution in [3.05, 3.63) is 29.3 Å². The number of aromatic nitrogens is 6. The zero-order valence-electron chi connectivity index (χ0n) is 17.0. The molecular formula is C20H23N9OS. The monoisotopic (exact) mass is 437 g/mol. The van der Waals surface area contributed by atoms with Crippen LogP contribution in [0.2, 0.25) is 0 Å². The highest BCUT2D eigenvalue weighted by Crippen LogP contribution is 2.40. The summed E-state index contributed by atoms with van der Waals surface area (Å²) in [5.74, 6) is 2.73. The van der Waals surface area contributed by atoms with E-state index in [1.165, 1.54) is 36.4 Å². The van der Waals surface area contributed by atoms with Gasteiger partial charge in [0.1, 0.15) is 18.2 Å². The maximum Gasteiger partial charge on any atom is 0.249 e. The maximum absolute atomic E-state index is 12.9. The van der Waals surface area contributed by atoms with E-state index in [0.717, 1.165) is 61.5 Å². The van der Waals surface area contributed by atoms with E-state index in [9.17, 15) is 4.79 Å². The van der Waals surface area contributed by atoms with Crippen LogP contribution in [-0.2, 0) is 17.6 Å². The van der Waals surface area contributed by atoms with Crippen LogP contribution in [0.15, 0.2) is 12.4 Å². The van der Waals surface area contributed by atoms with Crippen molar-refractivity contribution in [3.63, 3.8) is 0 Å². The summed E-state index contributed by atoms with van der Waals surface area (Å²) >= 11 is 1.17. The number of carbonyl (C=O) groups excluding carboxylic acids is 1. The lowest BCUT2D eigenvalue weighted by Gasteiger charge is -2.24. The van der Waals surface area contributed by atoms with Gasteiger partial charge in [-0.05, 0) is 44.9 Å². The summed E-state index contributed by atoms with van der Waals surface area (Å²) in [7, 11) is 0. The van der Waals surface area contributed by atoms with Crippen LogP contribution in [0.3, 0.4) is 0 Å². The van der Waals surface area contributed by atoms with E-state index in [4.69, 9.17) is 9.97 Å². The normalized spacial score (nSPS) is 20.1. The summed E-state index contributed by atoms with van der Waals surface area (Å²) in [6, 6.07) is 1.76. The second-order valence-electron chi connectivity index (χ2n) is 8.35. The third-order valence-corrected chi connectivity index (χ3v) is 6.77. The first-order valence-electron chi connectivity index (χ1n) is 10.8. The van der Waals surface area contributed by atoms with Gasteiger partial charge < -0.3 is 10.2 Å². The Morgan fingerprint density at radius 3 is 2.97 bits per heavy atom. The molecule has 160 valence electrons. The number of amides is 1. The first kappa shape index (κ1) is 18.7.